The first-order valence-electron chi connectivity index (χ1n) is 10.8. The van der Waals surface area contributed by atoms with E-state index in [2.05, 4.69) is 20.3 Å². The predicted molar refractivity (Wildman–Crippen MR) is 130 cm³/mol. The first-order chi connectivity index (χ1) is 17.4. The Labute approximate surface area is 213 Å². The number of carbonyl (C=O) groups is 1. The highest BCUT2D eigenvalue weighted by molar-refractivity contribution is 6.34. The number of hydrogen-bond acceptors (Lipinski definition) is 6. The quantitative estimate of drug-likeness (QED) is 0.275. The molecule has 0 saturated carbocycles. The van der Waals surface area contributed by atoms with Crippen LogP contribution >= 0.6 is 11.6 Å². The molecule has 0 aliphatic carbocycles. The lowest BCUT2D eigenvalue weighted by Gasteiger charge is -2.22. The molecule has 4 N–H and O–H groups in total. The summed E-state index contributed by atoms with van der Waals surface area (Å²) in [7, 11) is 0. The van der Waals surface area contributed by atoms with E-state index in [1.54, 1.807) is 0 Å². The van der Waals surface area contributed by atoms with Crippen molar-refractivity contribution in [2.45, 2.75) is 31.9 Å². The van der Waals surface area contributed by atoms with Crippen molar-refractivity contribution < 1.29 is 27.5 Å². The van der Waals surface area contributed by atoms with Crippen LogP contribution in [0.3, 0.4) is 0 Å². The molecular formula is C25H20ClF4N5O2. The van der Waals surface area contributed by atoms with Gasteiger partial charge in [-0.25, -0.2) is 27.5 Å². The number of hydrogen-bond donors (Lipinski definition) is 3. The molecule has 2 heterocycles. The summed E-state index contributed by atoms with van der Waals surface area (Å²) in [6.45, 7) is 2.98. The molecule has 0 aliphatic heterocycles. The fourth-order valence-corrected chi connectivity index (χ4v) is 3.91. The fourth-order valence-electron chi connectivity index (χ4n) is 3.71. The van der Waals surface area contributed by atoms with Crippen molar-refractivity contribution in [2.24, 2.45) is 5.73 Å². The number of carbonyl (C=O) groups excluding carboxylic acids is 1. The standard InChI is InChI=1S/C25H20ClF4N5O2/c1-25(2,37)24-33-8-12(9-34-24)13-6-15-19(7-18(13)28)32-10-16(26)20(15)35-21(22(29)30)14-5-11(23(31)36)3-4-17(14)27/h3-10,21-22,37H,1-2H3,(H2,31,36)(H,32,35). The van der Waals surface area contributed by atoms with Crippen LogP contribution in [-0.4, -0.2) is 32.4 Å². The zero-order valence-corrected chi connectivity index (χ0v) is 20.2. The second-order valence-electron chi connectivity index (χ2n) is 8.74. The van der Waals surface area contributed by atoms with Crippen LogP contribution in [0.1, 0.15) is 41.6 Å². The van der Waals surface area contributed by atoms with Crippen LogP contribution in [0.4, 0.5) is 23.2 Å². The van der Waals surface area contributed by atoms with Crippen molar-refractivity contribution in [3.05, 3.63) is 82.5 Å². The minimum absolute atomic E-state index is 0.0115. The summed E-state index contributed by atoms with van der Waals surface area (Å²) in [5.74, 6) is -2.49. The maximum Gasteiger partial charge on any atom is 0.262 e. The van der Waals surface area contributed by atoms with Gasteiger partial charge >= 0.3 is 0 Å². The van der Waals surface area contributed by atoms with Gasteiger partial charge in [0.25, 0.3) is 6.43 Å². The van der Waals surface area contributed by atoms with Crippen LogP contribution in [0.25, 0.3) is 22.0 Å². The van der Waals surface area contributed by atoms with E-state index in [4.69, 9.17) is 17.3 Å². The number of fused-ring (bicyclic) bond motifs is 1. The molecule has 0 aliphatic rings. The van der Waals surface area contributed by atoms with Crippen LogP contribution in [-0.2, 0) is 5.60 Å². The van der Waals surface area contributed by atoms with Gasteiger partial charge in [0.15, 0.2) is 5.82 Å². The van der Waals surface area contributed by atoms with E-state index in [1.165, 1.54) is 32.3 Å². The van der Waals surface area contributed by atoms with E-state index in [-0.39, 0.29) is 44.1 Å². The lowest BCUT2D eigenvalue weighted by Crippen LogP contribution is -2.22. The molecule has 0 bridgehead atoms. The van der Waals surface area contributed by atoms with Crippen molar-refractivity contribution in [3.63, 3.8) is 0 Å². The number of aromatic nitrogens is 3. The molecule has 1 unspecified atom stereocenters. The molecule has 4 rings (SSSR count). The van der Waals surface area contributed by atoms with Gasteiger partial charge in [-0.05, 0) is 38.1 Å². The average Bonchev–Trinajstić information content (AvgIpc) is 2.83. The summed E-state index contributed by atoms with van der Waals surface area (Å²) in [6.07, 6.45) is 0.621. The highest BCUT2D eigenvalue weighted by atomic mass is 35.5. The zero-order valence-electron chi connectivity index (χ0n) is 19.4. The molecule has 1 amide bonds. The number of pyridine rings is 1. The number of nitrogens with one attached hydrogen (secondary N) is 1. The van der Waals surface area contributed by atoms with Gasteiger partial charge in [-0.3, -0.25) is 9.78 Å². The maximum absolute atomic E-state index is 15.0. The average molecular weight is 534 g/mol. The molecule has 2 aromatic carbocycles. The number of anilines is 1. The summed E-state index contributed by atoms with van der Waals surface area (Å²) < 4.78 is 57.9. The highest BCUT2D eigenvalue weighted by Gasteiger charge is 2.28. The lowest BCUT2D eigenvalue weighted by molar-refractivity contribution is 0.0687. The molecule has 0 radical (unpaired) electrons. The second-order valence-corrected chi connectivity index (χ2v) is 9.15. The third-order valence-corrected chi connectivity index (χ3v) is 5.87. The number of alkyl halides is 2. The largest absolute Gasteiger partial charge is 0.382 e. The van der Waals surface area contributed by atoms with Gasteiger partial charge in [-0.1, -0.05) is 11.6 Å². The molecule has 12 heteroatoms. The molecule has 7 nitrogen and oxygen atoms in total. The number of primary amides is 1. The smallest absolute Gasteiger partial charge is 0.262 e. The molecule has 0 spiro atoms. The van der Waals surface area contributed by atoms with Crippen molar-refractivity contribution in [1.29, 1.82) is 0 Å². The summed E-state index contributed by atoms with van der Waals surface area (Å²) in [5.41, 5.74) is 3.51. The van der Waals surface area contributed by atoms with Crippen molar-refractivity contribution in [1.82, 2.24) is 15.0 Å². The van der Waals surface area contributed by atoms with Gasteiger partial charge < -0.3 is 16.2 Å². The molecule has 0 saturated heterocycles. The topological polar surface area (TPSA) is 114 Å². The number of nitrogens with two attached hydrogens (primary N) is 1. The van der Waals surface area contributed by atoms with E-state index >= 15 is 0 Å². The molecule has 1 atom stereocenters. The number of benzene rings is 2. The van der Waals surface area contributed by atoms with Crippen molar-refractivity contribution in [3.8, 4) is 11.1 Å². The Balaban J connectivity index is 1.84. The third kappa shape index (κ3) is 5.32. The Bertz CT molecular complexity index is 1490. The van der Waals surface area contributed by atoms with Crippen LogP contribution in [0, 0.1) is 11.6 Å². The van der Waals surface area contributed by atoms with Gasteiger partial charge in [0.1, 0.15) is 23.3 Å². The molecule has 2 aromatic heterocycles. The van der Waals surface area contributed by atoms with Crippen LogP contribution in [0.15, 0.2) is 48.9 Å². The van der Waals surface area contributed by atoms with Crippen LogP contribution in [0.5, 0.6) is 0 Å². The number of halogens is 5. The predicted octanol–water partition coefficient (Wildman–Crippen LogP) is 5.37. The number of nitrogens with zero attached hydrogens (tertiary/aromatic N) is 3. The number of rotatable bonds is 7. The Hall–Kier alpha value is -3.83. The normalized spacial score (nSPS) is 12.7. The van der Waals surface area contributed by atoms with E-state index in [9.17, 15) is 27.5 Å². The van der Waals surface area contributed by atoms with Gasteiger partial charge in [0, 0.05) is 52.3 Å². The van der Waals surface area contributed by atoms with E-state index < -0.39 is 41.2 Å². The lowest BCUT2D eigenvalue weighted by atomic mass is 10.0. The first kappa shape index (κ1) is 26.2. The van der Waals surface area contributed by atoms with Crippen molar-refractivity contribution >= 4 is 34.1 Å². The van der Waals surface area contributed by atoms with Crippen LogP contribution in [0.2, 0.25) is 5.02 Å². The Morgan fingerprint density at radius 1 is 1.05 bits per heavy atom. The zero-order chi connectivity index (χ0) is 27.1. The molecule has 4 aromatic rings. The molecule has 0 fully saturated rings. The molecular weight excluding hydrogens is 514 g/mol. The third-order valence-electron chi connectivity index (χ3n) is 5.59. The van der Waals surface area contributed by atoms with Gasteiger partial charge in [-0.2, -0.15) is 0 Å². The molecule has 192 valence electrons. The van der Waals surface area contributed by atoms with Crippen LogP contribution < -0.4 is 11.1 Å². The van der Waals surface area contributed by atoms with Gasteiger partial charge in [0.2, 0.25) is 5.91 Å². The summed E-state index contributed by atoms with van der Waals surface area (Å²) in [5, 5.41) is 12.7. The Morgan fingerprint density at radius 2 is 1.73 bits per heavy atom. The monoisotopic (exact) mass is 533 g/mol. The minimum atomic E-state index is -3.14. The summed E-state index contributed by atoms with van der Waals surface area (Å²) in [6, 6.07) is 3.35. The SMILES string of the molecule is CC(C)(O)c1ncc(-c2cc3c(NC(c4cc(C(N)=O)ccc4F)C(F)F)c(Cl)cnc3cc2F)cn1. The first-order valence-corrected chi connectivity index (χ1v) is 11.2. The number of aliphatic hydroxyl groups is 1. The van der Waals surface area contributed by atoms with E-state index in [0.717, 1.165) is 30.5 Å². The Kier molecular flexibility index (Phi) is 7.03. The van der Waals surface area contributed by atoms with Crippen molar-refractivity contribution in [2.75, 3.05) is 5.32 Å². The highest BCUT2D eigenvalue weighted by Crippen LogP contribution is 2.38. The summed E-state index contributed by atoms with van der Waals surface area (Å²) in [4.78, 5) is 23.7. The number of amides is 1. The second kappa shape index (κ2) is 9.91. The van der Waals surface area contributed by atoms with E-state index in [1.807, 2.05) is 0 Å². The van der Waals surface area contributed by atoms with Gasteiger partial charge in [-0.15, -0.1) is 0 Å². The van der Waals surface area contributed by atoms with E-state index in [0.29, 0.717) is 0 Å². The fraction of sp³-hybridized carbons (Fsp3) is 0.200. The minimum Gasteiger partial charge on any atom is -0.382 e. The van der Waals surface area contributed by atoms with Gasteiger partial charge in [0.05, 0.1) is 16.2 Å². The molecule has 37 heavy (non-hydrogen) atoms. The maximum atomic E-state index is 15.0. The summed E-state index contributed by atoms with van der Waals surface area (Å²) >= 11 is 6.29. The Morgan fingerprint density at radius 3 is 2.32 bits per heavy atom.